The number of hydrogen-bond donors (Lipinski definition) is 1. The van der Waals surface area contributed by atoms with Crippen molar-refractivity contribution >= 4 is 16.7 Å². The molecule has 4 rings (SSSR count). The number of likely N-dealkylation sites (N-methyl/N-ethyl adjacent to an activating group) is 1. The monoisotopic (exact) mass is 368 g/mol. The third kappa shape index (κ3) is 3.76. The highest BCUT2D eigenvalue weighted by Gasteiger charge is 2.34. The number of carbonyl (C=O) groups is 1. The quantitative estimate of drug-likeness (QED) is 0.898. The first-order valence-electron chi connectivity index (χ1n) is 10.1. The Morgan fingerprint density at radius 2 is 1.96 bits per heavy atom. The summed E-state index contributed by atoms with van der Waals surface area (Å²) in [4.78, 5) is 29.3. The molecule has 1 aromatic heterocycles. The highest BCUT2D eigenvalue weighted by atomic mass is 16.2. The molecular weight excluding hydrogens is 340 g/mol. The van der Waals surface area contributed by atoms with E-state index in [2.05, 4.69) is 15.1 Å². The molecular formula is C21H28N4O2. The van der Waals surface area contributed by atoms with E-state index in [-0.39, 0.29) is 17.9 Å². The predicted octanol–water partition coefficient (Wildman–Crippen LogP) is 2.19. The molecule has 2 aliphatic rings. The van der Waals surface area contributed by atoms with Crippen LogP contribution in [0, 0.1) is 5.92 Å². The topological polar surface area (TPSA) is 69.3 Å². The second kappa shape index (κ2) is 7.80. The molecule has 1 N–H and O–H groups in total. The molecule has 0 bridgehead atoms. The second-order valence-corrected chi connectivity index (χ2v) is 8.00. The number of benzene rings is 1. The molecule has 0 saturated carbocycles. The van der Waals surface area contributed by atoms with Gasteiger partial charge in [-0.05, 0) is 50.8 Å². The van der Waals surface area contributed by atoms with Gasteiger partial charge >= 0.3 is 0 Å². The number of amides is 1. The molecule has 0 radical (unpaired) electrons. The van der Waals surface area contributed by atoms with Gasteiger partial charge in [-0.25, -0.2) is 5.10 Å². The van der Waals surface area contributed by atoms with Crippen LogP contribution in [0.25, 0.3) is 10.8 Å². The molecule has 2 aliphatic heterocycles. The maximum absolute atomic E-state index is 12.9. The lowest BCUT2D eigenvalue weighted by atomic mass is 9.83. The van der Waals surface area contributed by atoms with Crippen molar-refractivity contribution in [3.05, 3.63) is 40.3 Å². The van der Waals surface area contributed by atoms with Crippen LogP contribution >= 0.6 is 0 Å². The third-order valence-corrected chi connectivity index (χ3v) is 6.26. The summed E-state index contributed by atoms with van der Waals surface area (Å²) in [5.41, 5.74) is 0.430. The normalized spacial score (nSPS) is 23.1. The summed E-state index contributed by atoms with van der Waals surface area (Å²) in [6.45, 7) is 3.24. The first-order chi connectivity index (χ1) is 13.1. The summed E-state index contributed by atoms with van der Waals surface area (Å²) in [7, 11) is 1.90. The zero-order valence-corrected chi connectivity index (χ0v) is 16.0. The number of hydrogen-bond acceptors (Lipinski definition) is 4. The molecule has 2 saturated heterocycles. The standard InChI is InChI=1S/C21H28N4O2/c1-24(14-15-7-6-12-25-11-5-4-10-19(15)25)20(26)13-18-16-8-2-3-9-17(16)21(27)23-22-18/h2-3,8-9,15,19H,4-7,10-14H2,1H3,(H,23,27)/t15-,19+/m0/s1. The Balaban J connectivity index is 1.45. The van der Waals surface area contributed by atoms with Crippen molar-refractivity contribution in [1.29, 1.82) is 0 Å². The van der Waals surface area contributed by atoms with Crippen molar-refractivity contribution < 1.29 is 4.79 Å². The predicted molar refractivity (Wildman–Crippen MR) is 106 cm³/mol. The van der Waals surface area contributed by atoms with E-state index >= 15 is 0 Å². The maximum Gasteiger partial charge on any atom is 0.272 e. The Bertz CT molecular complexity index is 876. The SMILES string of the molecule is CN(C[C@@H]1CCCN2CCCC[C@H]12)C(=O)Cc1n[nH]c(=O)c2ccccc12. The number of aromatic amines is 1. The van der Waals surface area contributed by atoms with Gasteiger partial charge in [0.1, 0.15) is 0 Å². The highest BCUT2D eigenvalue weighted by Crippen LogP contribution is 2.31. The van der Waals surface area contributed by atoms with E-state index in [0.29, 0.717) is 23.0 Å². The zero-order chi connectivity index (χ0) is 18.8. The summed E-state index contributed by atoms with van der Waals surface area (Å²) < 4.78 is 0. The van der Waals surface area contributed by atoms with Gasteiger partial charge in [0, 0.05) is 25.0 Å². The van der Waals surface area contributed by atoms with Crippen LogP contribution in [0.5, 0.6) is 0 Å². The highest BCUT2D eigenvalue weighted by molar-refractivity contribution is 5.88. The Morgan fingerprint density at radius 3 is 2.81 bits per heavy atom. The minimum absolute atomic E-state index is 0.0626. The van der Waals surface area contributed by atoms with Crippen LogP contribution in [0.15, 0.2) is 29.1 Å². The average molecular weight is 368 g/mol. The lowest BCUT2D eigenvalue weighted by Crippen LogP contribution is -2.51. The summed E-state index contributed by atoms with van der Waals surface area (Å²) in [6, 6.07) is 7.97. The van der Waals surface area contributed by atoms with Crippen LogP contribution in [0.3, 0.4) is 0 Å². The van der Waals surface area contributed by atoms with Gasteiger partial charge < -0.3 is 9.80 Å². The van der Waals surface area contributed by atoms with Crippen molar-refractivity contribution in [2.45, 2.75) is 44.6 Å². The smallest absolute Gasteiger partial charge is 0.272 e. The molecule has 2 aromatic rings. The first-order valence-corrected chi connectivity index (χ1v) is 10.1. The van der Waals surface area contributed by atoms with Crippen LogP contribution in [0.1, 0.15) is 37.8 Å². The molecule has 2 fully saturated rings. The van der Waals surface area contributed by atoms with E-state index in [9.17, 15) is 9.59 Å². The van der Waals surface area contributed by atoms with Crippen LogP contribution in [0.2, 0.25) is 0 Å². The third-order valence-electron chi connectivity index (χ3n) is 6.26. The van der Waals surface area contributed by atoms with Gasteiger partial charge in [-0.3, -0.25) is 9.59 Å². The Hall–Kier alpha value is -2.21. The van der Waals surface area contributed by atoms with E-state index in [1.54, 1.807) is 6.07 Å². The number of aromatic nitrogens is 2. The molecule has 0 spiro atoms. The fourth-order valence-electron chi connectivity index (χ4n) is 4.83. The van der Waals surface area contributed by atoms with Crippen LogP contribution < -0.4 is 5.56 Å². The Labute approximate surface area is 159 Å². The molecule has 2 atom stereocenters. The molecule has 0 aliphatic carbocycles. The average Bonchev–Trinajstić information content (AvgIpc) is 2.70. The summed E-state index contributed by atoms with van der Waals surface area (Å²) in [5, 5.41) is 8.02. The Kier molecular flexibility index (Phi) is 5.25. The van der Waals surface area contributed by atoms with Crippen molar-refractivity contribution in [2.75, 3.05) is 26.7 Å². The van der Waals surface area contributed by atoms with Gasteiger partial charge in [-0.1, -0.05) is 24.6 Å². The van der Waals surface area contributed by atoms with Crippen molar-refractivity contribution in [2.24, 2.45) is 5.92 Å². The largest absolute Gasteiger partial charge is 0.345 e. The summed E-state index contributed by atoms with van der Waals surface area (Å²) in [5.74, 6) is 0.626. The van der Waals surface area contributed by atoms with Gasteiger partial charge in [0.25, 0.3) is 5.56 Å². The van der Waals surface area contributed by atoms with Crippen LogP contribution in [0.4, 0.5) is 0 Å². The van der Waals surface area contributed by atoms with Crippen molar-refractivity contribution in [1.82, 2.24) is 20.0 Å². The number of nitrogens with zero attached hydrogens (tertiary/aromatic N) is 3. The van der Waals surface area contributed by atoms with Gasteiger partial charge in [-0.15, -0.1) is 0 Å². The number of fused-ring (bicyclic) bond motifs is 2. The lowest BCUT2D eigenvalue weighted by molar-refractivity contribution is -0.130. The number of piperidine rings is 2. The Morgan fingerprint density at radius 1 is 1.19 bits per heavy atom. The number of rotatable bonds is 4. The number of carbonyl (C=O) groups excluding carboxylic acids is 1. The van der Waals surface area contributed by atoms with Gasteiger partial charge in [0.15, 0.2) is 0 Å². The molecule has 6 nitrogen and oxygen atoms in total. The van der Waals surface area contributed by atoms with Crippen molar-refractivity contribution in [3.8, 4) is 0 Å². The van der Waals surface area contributed by atoms with E-state index in [4.69, 9.17) is 0 Å². The number of nitrogens with one attached hydrogen (secondary N) is 1. The van der Waals surface area contributed by atoms with E-state index in [1.807, 2.05) is 30.1 Å². The fourth-order valence-corrected chi connectivity index (χ4v) is 4.83. The molecule has 27 heavy (non-hydrogen) atoms. The molecule has 1 aromatic carbocycles. The number of H-pyrrole nitrogens is 1. The van der Waals surface area contributed by atoms with Gasteiger partial charge in [0.2, 0.25) is 5.91 Å². The molecule has 1 amide bonds. The lowest BCUT2D eigenvalue weighted by Gasteiger charge is -2.45. The first kappa shape index (κ1) is 18.2. The molecule has 0 unspecified atom stereocenters. The fraction of sp³-hybridized carbons (Fsp3) is 0.571. The summed E-state index contributed by atoms with van der Waals surface area (Å²) in [6.07, 6.45) is 6.53. The van der Waals surface area contributed by atoms with E-state index < -0.39 is 0 Å². The van der Waals surface area contributed by atoms with Crippen molar-refractivity contribution in [3.63, 3.8) is 0 Å². The molecule has 6 heteroatoms. The minimum atomic E-state index is -0.213. The van der Waals surface area contributed by atoms with Gasteiger partial charge in [0.05, 0.1) is 17.5 Å². The van der Waals surface area contributed by atoms with Crippen LogP contribution in [-0.4, -0.2) is 58.6 Å². The van der Waals surface area contributed by atoms with Gasteiger partial charge in [-0.2, -0.15) is 5.10 Å². The minimum Gasteiger partial charge on any atom is -0.345 e. The van der Waals surface area contributed by atoms with E-state index in [0.717, 1.165) is 11.9 Å². The van der Waals surface area contributed by atoms with E-state index in [1.165, 1.54) is 45.2 Å². The zero-order valence-electron chi connectivity index (χ0n) is 16.0. The second-order valence-electron chi connectivity index (χ2n) is 8.00. The molecule has 144 valence electrons. The van der Waals surface area contributed by atoms with Crippen LogP contribution in [-0.2, 0) is 11.2 Å². The molecule has 3 heterocycles. The summed E-state index contributed by atoms with van der Waals surface area (Å²) >= 11 is 0. The maximum atomic E-state index is 12.9.